The van der Waals surface area contributed by atoms with E-state index in [1.807, 2.05) is 0 Å². The maximum Gasteiger partial charge on any atom is 0.165 e. The summed E-state index contributed by atoms with van der Waals surface area (Å²) in [5.41, 5.74) is 6.64. The highest BCUT2D eigenvalue weighted by Crippen LogP contribution is 2.34. The fraction of sp³-hybridized carbons (Fsp3) is 0.250. The molecule has 1 aromatic carbocycles. The zero-order valence-electron chi connectivity index (χ0n) is 10.4. The van der Waals surface area contributed by atoms with Crippen molar-refractivity contribution >= 4 is 15.9 Å². The van der Waals surface area contributed by atoms with Crippen LogP contribution in [0.1, 0.15) is 5.69 Å². The standard InChI is InChI=1S/C12H12BrF2N3O/c1-18-9(5-16)11(13)12(17-18)6-3-8(15)10(19-2)4-7(6)14/h3-4H,5,16H2,1-2H3. The number of aromatic nitrogens is 2. The van der Waals surface area contributed by atoms with Crippen molar-refractivity contribution in [1.82, 2.24) is 9.78 Å². The maximum atomic E-state index is 14.0. The van der Waals surface area contributed by atoms with E-state index in [4.69, 9.17) is 10.5 Å². The minimum absolute atomic E-state index is 0.0560. The molecule has 0 spiro atoms. The van der Waals surface area contributed by atoms with Crippen molar-refractivity contribution in [2.45, 2.75) is 6.54 Å². The molecule has 7 heteroatoms. The summed E-state index contributed by atoms with van der Waals surface area (Å²) in [5, 5.41) is 4.15. The molecule has 19 heavy (non-hydrogen) atoms. The van der Waals surface area contributed by atoms with Gasteiger partial charge in [0.15, 0.2) is 11.6 Å². The lowest BCUT2D eigenvalue weighted by Crippen LogP contribution is -2.04. The molecule has 0 aliphatic heterocycles. The van der Waals surface area contributed by atoms with Crippen molar-refractivity contribution in [3.63, 3.8) is 0 Å². The fourth-order valence-electron chi connectivity index (χ4n) is 1.79. The van der Waals surface area contributed by atoms with Gasteiger partial charge in [0.05, 0.1) is 17.3 Å². The molecule has 102 valence electrons. The summed E-state index contributed by atoms with van der Waals surface area (Å²) >= 11 is 3.31. The van der Waals surface area contributed by atoms with Gasteiger partial charge in [0, 0.05) is 25.2 Å². The van der Waals surface area contributed by atoms with Gasteiger partial charge in [-0.25, -0.2) is 8.78 Å². The number of aryl methyl sites for hydroxylation is 1. The van der Waals surface area contributed by atoms with Crippen LogP contribution in [0.5, 0.6) is 5.75 Å². The predicted molar refractivity (Wildman–Crippen MR) is 70.7 cm³/mol. The van der Waals surface area contributed by atoms with Gasteiger partial charge >= 0.3 is 0 Å². The molecule has 0 amide bonds. The SMILES string of the molecule is COc1cc(F)c(-c2nn(C)c(CN)c2Br)cc1F. The lowest BCUT2D eigenvalue weighted by atomic mass is 10.1. The van der Waals surface area contributed by atoms with Crippen molar-refractivity contribution in [2.75, 3.05) is 7.11 Å². The van der Waals surface area contributed by atoms with Crippen molar-refractivity contribution in [3.8, 4) is 17.0 Å². The molecule has 0 radical (unpaired) electrons. The van der Waals surface area contributed by atoms with E-state index in [2.05, 4.69) is 21.0 Å². The van der Waals surface area contributed by atoms with E-state index in [0.717, 1.165) is 12.1 Å². The van der Waals surface area contributed by atoms with Gasteiger partial charge in [-0.05, 0) is 22.0 Å². The highest BCUT2D eigenvalue weighted by atomic mass is 79.9. The third-order valence-electron chi connectivity index (χ3n) is 2.79. The molecule has 0 atom stereocenters. The molecule has 0 bridgehead atoms. The maximum absolute atomic E-state index is 14.0. The second-order valence-electron chi connectivity index (χ2n) is 3.90. The van der Waals surface area contributed by atoms with E-state index in [9.17, 15) is 8.78 Å². The van der Waals surface area contributed by atoms with Crippen LogP contribution in [0, 0.1) is 11.6 Å². The fourth-order valence-corrected chi connectivity index (χ4v) is 2.50. The minimum atomic E-state index is -0.647. The van der Waals surface area contributed by atoms with Crippen LogP contribution in [-0.2, 0) is 13.6 Å². The smallest absolute Gasteiger partial charge is 0.165 e. The topological polar surface area (TPSA) is 53.1 Å². The summed E-state index contributed by atoms with van der Waals surface area (Å²) in [6, 6.07) is 2.05. The molecule has 1 aromatic heterocycles. The normalized spacial score (nSPS) is 10.8. The van der Waals surface area contributed by atoms with Gasteiger partial charge in [0.2, 0.25) is 0 Å². The molecule has 4 nitrogen and oxygen atoms in total. The van der Waals surface area contributed by atoms with E-state index in [1.165, 1.54) is 11.8 Å². The molecule has 0 saturated heterocycles. The Morgan fingerprint density at radius 1 is 1.37 bits per heavy atom. The molecule has 0 unspecified atom stereocenters. The van der Waals surface area contributed by atoms with Gasteiger partial charge in [0.25, 0.3) is 0 Å². The van der Waals surface area contributed by atoms with Crippen molar-refractivity contribution in [3.05, 3.63) is 33.9 Å². The number of nitrogens with two attached hydrogens (primary N) is 1. The van der Waals surface area contributed by atoms with Gasteiger partial charge in [-0.1, -0.05) is 0 Å². The first-order valence-electron chi connectivity index (χ1n) is 5.44. The zero-order chi connectivity index (χ0) is 14.2. The van der Waals surface area contributed by atoms with Crippen molar-refractivity contribution in [1.29, 1.82) is 0 Å². The number of nitrogens with zero attached hydrogens (tertiary/aromatic N) is 2. The molecular formula is C12H12BrF2N3O. The third-order valence-corrected chi connectivity index (χ3v) is 3.63. The quantitative estimate of drug-likeness (QED) is 0.940. The van der Waals surface area contributed by atoms with Gasteiger partial charge in [0.1, 0.15) is 11.5 Å². The van der Waals surface area contributed by atoms with Crippen molar-refractivity contribution in [2.24, 2.45) is 12.8 Å². The summed E-state index contributed by atoms with van der Waals surface area (Å²) in [7, 11) is 2.97. The van der Waals surface area contributed by atoms with Crippen LogP contribution in [-0.4, -0.2) is 16.9 Å². The molecule has 2 aromatic rings. The lowest BCUT2D eigenvalue weighted by molar-refractivity contribution is 0.383. The molecule has 2 N–H and O–H groups in total. The largest absolute Gasteiger partial charge is 0.494 e. The highest BCUT2D eigenvalue weighted by molar-refractivity contribution is 9.10. The van der Waals surface area contributed by atoms with Crippen molar-refractivity contribution < 1.29 is 13.5 Å². The first-order valence-corrected chi connectivity index (χ1v) is 6.23. The summed E-state index contributed by atoms with van der Waals surface area (Å²) in [4.78, 5) is 0. The molecule has 2 rings (SSSR count). The average molecular weight is 332 g/mol. The van der Waals surface area contributed by atoms with E-state index in [1.54, 1.807) is 7.05 Å². The number of hydrogen-bond donors (Lipinski definition) is 1. The molecular weight excluding hydrogens is 320 g/mol. The molecule has 0 saturated carbocycles. The summed E-state index contributed by atoms with van der Waals surface area (Å²) in [6.45, 7) is 0.240. The lowest BCUT2D eigenvalue weighted by Gasteiger charge is -2.05. The first kappa shape index (κ1) is 14.0. The highest BCUT2D eigenvalue weighted by Gasteiger charge is 2.19. The Balaban J connectivity index is 2.63. The summed E-state index contributed by atoms with van der Waals surface area (Å²) < 4.78 is 34.5. The zero-order valence-corrected chi connectivity index (χ0v) is 12.0. The molecule has 0 fully saturated rings. The van der Waals surface area contributed by atoms with Crippen LogP contribution >= 0.6 is 15.9 Å². The Morgan fingerprint density at radius 2 is 2.05 bits per heavy atom. The first-order chi connectivity index (χ1) is 8.99. The van der Waals surface area contributed by atoms with E-state index in [0.29, 0.717) is 15.9 Å². The van der Waals surface area contributed by atoms with Gasteiger partial charge in [-0.3, -0.25) is 4.68 Å². The predicted octanol–water partition coefficient (Wildman–Crippen LogP) is 2.60. The average Bonchev–Trinajstić information content (AvgIpc) is 2.66. The van der Waals surface area contributed by atoms with Crippen LogP contribution in [0.4, 0.5) is 8.78 Å². The Labute approximate surface area is 117 Å². The second-order valence-corrected chi connectivity index (χ2v) is 4.70. The Bertz CT molecular complexity index is 628. The van der Waals surface area contributed by atoms with E-state index < -0.39 is 11.6 Å². The Hall–Kier alpha value is -1.47. The third kappa shape index (κ3) is 2.35. The number of ether oxygens (including phenoxy) is 1. The second kappa shape index (κ2) is 5.26. The number of hydrogen-bond acceptors (Lipinski definition) is 3. The number of halogens is 3. The summed E-state index contributed by atoms with van der Waals surface area (Å²) in [6.07, 6.45) is 0. The Morgan fingerprint density at radius 3 is 2.58 bits per heavy atom. The number of methoxy groups -OCH3 is 1. The van der Waals surface area contributed by atoms with E-state index in [-0.39, 0.29) is 17.9 Å². The number of benzene rings is 1. The molecule has 0 aliphatic carbocycles. The van der Waals surface area contributed by atoms with E-state index >= 15 is 0 Å². The molecule has 0 aliphatic rings. The van der Waals surface area contributed by atoms with Gasteiger partial charge in [-0.15, -0.1) is 0 Å². The van der Waals surface area contributed by atoms with Crippen LogP contribution in [0.15, 0.2) is 16.6 Å². The van der Waals surface area contributed by atoms with Crippen LogP contribution < -0.4 is 10.5 Å². The number of rotatable bonds is 3. The van der Waals surface area contributed by atoms with Gasteiger partial charge < -0.3 is 10.5 Å². The molecule has 1 heterocycles. The monoisotopic (exact) mass is 331 g/mol. The van der Waals surface area contributed by atoms with Crippen LogP contribution in [0.3, 0.4) is 0 Å². The van der Waals surface area contributed by atoms with Gasteiger partial charge in [-0.2, -0.15) is 5.10 Å². The Kier molecular flexibility index (Phi) is 3.86. The summed E-state index contributed by atoms with van der Waals surface area (Å²) in [5.74, 6) is -1.40. The van der Waals surface area contributed by atoms with Crippen LogP contribution in [0.25, 0.3) is 11.3 Å². The minimum Gasteiger partial charge on any atom is -0.494 e. The van der Waals surface area contributed by atoms with Crippen LogP contribution in [0.2, 0.25) is 0 Å².